The van der Waals surface area contributed by atoms with Crippen molar-refractivity contribution in [2.75, 3.05) is 11.5 Å². The molecule has 0 aliphatic heterocycles. The molecule has 0 aromatic rings. The average molecular weight is 540 g/mol. The summed E-state index contributed by atoms with van der Waals surface area (Å²) in [6.07, 6.45) is -20.1. The highest BCUT2D eigenvalue weighted by Gasteiger charge is 2.46. The first kappa shape index (κ1) is 12.8. The van der Waals surface area contributed by atoms with Crippen molar-refractivity contribution in [3.63, 3.8) is 0 Å². The number of nitrogens with zero attached hydrogens (tertiary/aromatic N) is 1. The number of carboxylic acid groups (broad SMARTS) is 1. The maximum Gasteiger partial charge on any atom is 0.310 e. The number of carbonyl (C=O) groups excluding carboxylic acids is 1. The summed E-state index contributed by atoms with van der Waals surface area (Å²) >= 11 is 0. The van der Waals surface area contributed by atoms with Crippen LogP contribution in [0.15, 0.2) is 4.99 Å². The van der Waals surface area contributed by atoms with E-state index in [-0.39, 0.29) is 0 Å². The highest BCUT2D eigenvalue weighted by Crippen LogP contribution is 2.40. The Kier molecular flexibility index (Phi) is 4.23. The fourth-order valence-corrected chi connectivity index (χ4v) is 5.38. The predicted molar refractivity (Wildman–Crippen MR) is 134 cm³/mol. The minimum absolute atomic E-state index is 0.599. The number of sulfone groups is 2. The molecule has 0 spiro atoms. The molecule has 2 aliphatic rings. The van der Waals surface area contributed by atoms with Gasteiger partial charge in [0.05, 0.1) is 32.0 Å². The molecular weight excluding hydrogens is 478 g/mol. The van der Waals surface area contributed by atoms with Crippen molar-refractivity contribution in [2.45, 2.75) is 120 Å². The Labute approximate surface area is 231 Å². The van der Waals surface area contributed by atoms with Crippen LogP contribution in [0.25, 0.3) is 0 Å². The number of hydrogen-bond donors (Lipinski definition) is 1. The van der Waals surface area contributed by atoms with E-state index in [9.17, 15) is 31.5 Å². The third-order valence-corrected chi connectivity index (χ3v) is 10.0. The van der Waals surface area contributed by atoms with Crippen molar-refractivity contribution in [3.8, 4) is 0 Å². The summed E-state index contributed by atoms with van der Waals surface area (Å²) in [6, 6.07) is 0. The largest absolute Gasteiger partial charge is 0.481 e. The van der Waals surface area contributed by atoms with Crippen LogP contribution < -0.4 is 0 Å². The molecule has 0 aromatic heterocycles. The van der Waals surface area contributed by atoms with E-state index in [0.717, 1.165) is 33.8 Å². The molecule has 1 N–H and O–H groups in total. The van der Waals surface area contributed by atoms with Gasteiger partial charge >= 0.3 is 5.97 Å². The normalized spacial score (nSPS) is 44.0. The number of carboxylic acids is 1. The number of aliphatic imine (C=N–C) groups is 1. The SMILES string of the molecule is [2H]C([2H])([2H])C(C)(C)S(=O)(=O)CC1(C(=O)O)CCC([2H])([2H])C([2H])([2H])C1([2H])[2H].[2H]C([2H])([2H])C(C)(C)S(=O)(=O)CC1(N=C=O)CCC([2H])([2H])C([2H])([2H])C1([2H])[2H]. The highest BCUT2D eigenvalue weighted by molar-refractivity contribution is 7.93. The van der Waals surface area contributed by atoms with E-state index in [4.69, 9.17) is 24.7 Å². The van der Waals surface area contributed by atoms with Crippen molar-refractivity contribution in [1.29, 1.82) is 0 Å². The first-order valence-corrected chi connectivity index (χ1v) is 13.4. The first-order valence-electron chi connectivity index (χ1n) is 19.1. The summed E-state index contributed by atoms with van der Waals surface area (Å²) in [7, 11) is -9.37. The molecule has 2 saturated carbocycles. The summed E-state index contributed by atoms with van der Waals surface area (Å²) in [5.74, 6) is -4.67. The maximum atomic E-state index is 12.8. The van der Waals surface area contributed by atoms with Gasteiger partial charge < -0.3 is 5.11 Å². The molecule has 2 aliphatic carbocycles. The van der Waals surface area contributed by atoms with E-state index in [1.54, 1.807) is 0 Å². The zero-order valence-corrected chi connectivity index (χ0v) is 21.0. The maximum absolute atomic E-state index is 12.8. The van der Waals surface area contributed by atoms with Crippen molar-refractivity contribution < 1.29 is 56.2 Å². The van der Waals surface area contributed by atoms with Gasteiger partial charge in [0.1, 0.15) is 0 Å². The number of isocyanates is 1. The van der Waals surface area contributed by atoms with E-state index in [1.165, 1.54) is 0 Å². The van der Waals surface area contributed by atoms with Gasteiger partial charge in [-0.2, -0.15) is 4.99 Å². The molecule has 10 heteroatoms. The molecule has 0 radical (unpaired) electrons. The Balaban J connectivity index is 0.000000520. The van der Waals surface area contributed by atoms with Gasteiger partial charge in [0.25, 0.3) is 0 Å². The number of aliphatic carboxylic acids is 1. The number of rotatable bonds is 6. The van der Waals surface area contributed by atoms with Gasteiger partial charge in [0.2, 0.25) is 6.08 Å². The standard InChI is InChI=1S/C12H21NO3S.C12H22O4S/c1-11(2,3)17(15,16)9-12(13-10-14)7-5-4-6-8-12;1-11(2,3)17(15,16)9-12(10(13)14)7-5-4-6-8-12/h4-9H2,1-3H3;4-9H2,1-3H3,(H,13,14)/i2*1D3,4D2,5D2,7D2. The molecule has 0 amide bonds. The lowest BCUT2D eigenvalue weighted by molar-refractivity contribution is -0.149. The summed E-state index contributed by atoms with van der Waals surface area (Å²) in [4.78, 5) is 26.1. The van der Waals surface area contributed by atoms with Crippen LogP contribution in [0.5, 0.6) is 0 Å². The summed E-state index contributed by atoms with van der Waals surface area (Å²) in [5, 5.41) is 9.62. The zero-order chi connectivity index (χ0) is 42.2. The molecule has 2 unspecified atom stereocenters. The molecule has 2 fully saturated rings. The third kappa shape index (κ3) is 7.89. The minimum Gasteiger partial charge on any atom is -0.481 e. The van der Waals surface area contributed by atoms with Crippen LogP contribution in [-0.4, -0.2) is 60.5 Å². The monoisotopic (exact) mass is 539 g/mol. The lowest BCUT2D eigenvalue weighted by Gasteiger charge is -2.35. The van der Waals surface area contributed by atoms with Gasteiger partial charge in [-0.3, -0.25) is 4.79 Å². The van der Waals surface area contributed by atoms with Crippen LogP contribution in [0.3, 0.4) is 0 Å². The smallest absolute Gasteiger partial charge is 0.310 e. The van der Waals surface area contributed by atoms with Crippen LogP contribution in [0, 0.1) is 5.41 Å². The van der Waals surface area contributed by atoms with Crippen LogP contribution in [-0.2, 0) is 29.3 Å². The highest BCUT2D eigenvalue weighted by atomic mass is 32.2. The Morgan fingerprint density at radius 2 is 1.44 bits per heavy atom. The van der Waals surface area contributed by atoms with Gasteiger partial charge in [-0.1, -0.05) is 38.3 Å². The van der Waals surface area contributed by atoms with Crippen molar-refractivity contribution in [2.24, 2.45) is 10.4 Å². The van der Waals surface area contributed by atoms with Gasteiger partial charge in [-0.05, 0) is 67.0 Å². The van der Waals surface area contributed by atoms with Crippen molar-refractivity contribution >= 4 is 31.7 Å². The van der Waals surface area contributed by atoms with E-state index in [0.29, 0.717) is 0 Å². The fourth-order valence-electron chi connectivity index (χ4n) is 2.76. The lowest BCUT2D eigenvalue weighted by Crippen LogP contribution is -2.44. The molecule has 0 aromatic carbocycles. The molecule has 2 rings (SSSR count). The first-order chi connectivity index (χ1) is 22.3. The van der Waals surface area contributed by atoms with Gasteiger partial charge in [0, 0.05) is 24.7 Å². The summed E-state index contributed by atoms with van der Waals surface area (Å²) in [5.41, 5.74) is -5.32. The molecule has 0 saturated heterocycles. The van der Waals surface area contributed by atoms with E-state index < -0.39 is 135 Å². The second kappa shape index (κ2) is 11.2. The van der Waals surface area contributed by atoms with Crippen LogP contribution >= 0.6 is 0 Å². The Morgan fingerprint density at radius 3 is 1.94 bits per heavy atom. The number of carbonyl (C=O) groups is 1. The predicted octanol–water partition coefficient (Wildman–Crippen LogP) is 4.47. The third-order valence-electron chi connectivity index (χ3n) is 5.20. The molecule has 8 nitrogen and oxygen atoms in total. The van der Waals surface area contributed by atoms with Gasteiger partial charge in [0.15, 0.2) is 19.7 Å². The van der Waals surface area contributed by atoms with E-state index in [1.807, 2.05) is 0 Å². The van der Waals surface area contributed by atoms with E-state index in [2.05, 4.69) is 4.99 Å². The van der Waals surface area contributed by atoms with Crippen molar-refractivity contribution in [3.05, 3.63) is 0 Å². The molecule has 34 heavy (non-hydrogen) atoms. The Bertz CT molecular complexity index is 1560. The van der Waals surface area contributed by atoms with Crippen molar-refractivity contribution in [1.82, 2.24) is 0 Å². The summed E-state index contributed by atoms with van der Waals surface area (Å²) < 4.78 is 185. The van der Waals surface area contributed by atoms with Gasteiger partial charge in [-0.15, -0.1) is 0 Å². The Hall–Kier alpha value is -1.25. The lowest BCUT2D eigenvalue weighted by atomic mass is 9.76. The molecular formula is C24H43NO7S2. The second-order valence-electron chi connectivity index (χ2n) is 9.01. The van der Waals surface area contributed by atoms with Crippen LogP contribution in [0.2, 0.25) is 0 Å². The van der Waals surface area contributed by atoms with E-state index >= 15 is 0 Å². The fraction of sp³-hybridized carbons (Fsp3) is 0.917. The molecule has 198 valence electrons. The number of hydrogen-bond acceptors (Lipinski definition) is 7. The molecule has 0 heterocycles. The topological polar surface area (TPSA) is 135 Å². The summed E-state index contributed by atoms with van der Waals surface area (Å²) in [6.45, 7) is -2.39. The van der Waals surface area contributed by atoms with Gasteiger partial charge in [-0.25, -0.2) is 21.6 Å². The zero-order valence-electron chi connectivity index (χ0n) is 37.4. The van der Waals surface area contributed by atoms with Crippen LogP contribution in [0.1, 0.15) is 130 Å². The second-order valence-corrected chi connectivity index (χ2v) is 14.1. The molecule has 2 atom stereocenters. The molecule has 0 bridgehead atoms. The quantitative estimate of drug-likeness (QED) is 0.388. The Morgan fingerprint density at radius 1 is 0.941 bits per heavy atom. The van der Waals surface area contributed by atoms with Crippen LogP contribution in [0.4, 0.5) is 0 Å². The minimum atomic E-state index is -4.75. The average Bonchev–Trinajstić information content (AvgIpc) is 2.90.